The van der Waals surface area contributed by atoms with Crippen LogP contribution in [0.25, 0.3) is 0 Å². The zero-order valence-corrected chi connectivity index (χ0v) is 23.5. The normalized spacial score (nSPS) is 23.9. The highest BCUT2D eigenvalue weighted by Crippen LogP contribution is 2.63. The lowest BCUT2D eigenvalue weighted by Gasteiger charge is -2.52. The molecule has 1 fully saturated rings. The van der Waals surface area contributed by atoms with Gasteiger partial charge in [-0.05, 0) is 64.7 Å². The molecule has 6 nitrogen and oxygen atoms in total. The predicted molar refractivity (Wildman–Crippen MR) is 159 cm³/mol. The van der Waals surface area contributed by atoms with Crippen LogP contribution in [-0.2, 0) is 15.0 Å². The van der Waals surface area contributed by atoms with Gasteiger partial charge in [0.1, 0.15) is 0 Å². The van der Waals surface area contributed by atoms with E-state index in [9.17, 15) is 14.4 Å². The maximum Gasteiger partial charge on any atom is 0.271 e. The minimum atomic E-state index is -1.12. The number of amides is 3. The molecule has 0 unspecified atom stereocenters. The first-order chi connectivity index (χ1) is 19.8. The van der Waals surface area contributed by atoms with Gasteiger partial charge in [-0.2, -0.15) is 5.10 Å². The van der Waals surface area contributed by atoms with Crippen molar-refractivity contribution in [3.05, 3.63) is 134 Å². The van der Waals surface area contributed by atoms with Crippen LogP contribution >= 0.6 is 34.8 Å². The Bertz CT molecular complexity index is 1760. The number of nitrogens with one attached hydrogen (secondary N) is 1. The maximum atomic E-state index is 14.4. The number of anilines is 1. The first-order valence-electron chi connectivity index (χ1n) is 12.9. The Morgan fingerprint density at radius 3 is 2.05 bits per heavy atom. The van der Waals surface area contributed by atoms with Gasteiger partial charge in [0.05, 0.1) is 28.0 Å². The summed E-state index contributed by atoms with van der Waals surface area (Å²) < 4.78 is 0. The molecule has 3 amide bonds. The topological polar surface area (TPSA) is 78.8 Å². The molecule has 3 aliphatic carbocycles. The Labute approximate surface area is 250 Å². The van der Waals surface area contributed by atoms with Crippen LogP contribution in [0.4, 0.5) is 5.69 Å². The van der Waals surface area contributed by atoms with Crippen molar-refractivity contribution in [2.24, 2.45) is 16.9 Å². The summed E-state index contributed by atoms with van der Waals surface area (Å²) in [5, 5.41) is 5.54. The Hall–Kier alpha value is -3.97. The zero-order chi connectivity index (χ0) is 28.5. The highest BCUT2D eigenvalue weighted by molar-refractivity contribution is 6.38. The average Bonchev–Trinajstić information content (AvgIpc) is 3.24. The molecule has 4 aliphatic rings. The summed E-state index contributed by atoms with van der Waals surface area (Å²) in [6.07, 6.45) is 1.61. The molecule has 0 aromatic heterocycles. The molecule has 0 spiro atoms. The molecule has 1 heterocycles. The molecular formula is C32H20Cl3N3O3. The molecule has 1 aliphatic heterocycles. The number of rotatable bonds is 4. The zero-order valence-electron chi connectivity index (χ0n) is 21.2. The van der Waals surface area contributed by atoms with Crippen LogP contribution in [0.1, 0.15) is 38.5 Å². The lowest BCUT2D eigenvalue weighted by molar-refractivity contribution is -0.122. The van der Waals surface area contributed by atoms with Crippen molar-refractivity contribution in [1.29, 1.82) is 0 Å². The SMILES string of the molecule is O=C(N/N=C\C12c3ccccc3C(c3ccccc31)[C@@H]1C(=O)N(c3ccc(Cl)cc3Cl)C(=O)[C@H]12)c1ccc(Cl)cc1. The third kappa shape index (κ3) is 3.71. The van der Waals surface area contributed by atoms with E-state index < -0.39 is 23.2 Å². The van der Waals surface area contributed by atoms with Crippen molar-refractivity contribution >= 4 is 64.4 Å². The van der Waals surface area contributed by atoms with Gasteiger partial charge in [-0.15, -0.1) is 0 Å². The Morgan fingerprint density at radius 1 is 0.805 bits per heavy atom. The van der Waals surface area contributed by atoms with E-state index in [4.69, 9.17) is 34.8 Å². The molecule has 2 atom stereocenters. The fraction of sp³-hybridized carbons (Fsp3) is 0.125. The van der Waals surface area contributed by atoms with Gasteiger partial charge in [0.15, 0.2) is 0 Å². The Kier molecular flexibility index (Phi) is 6.05. The van der Waals surface area contributed by atoms with Crippen molar-refractivity contribution in [3.8, 4) is 0 Å². The molecule has 0 saturated carbocycles. The number of halogens is 3. The molecule has 2 bridgehead atoms. The van der Waals surface area contributed by atoms with Crippen molar-refractivity contribution in [2.45, 2.75) is 11.3 Å². The predicted octanol–water partition coefficient (Wildman–Crippen LogP) is 6.61. The third-order valence-corrected chi connectivity index (χ3v) is 9.16. The largest absolute Gasteiger partial charge is 0.274 e. The minimum Gasteiger partial charge on any atom is -0.274 e. The van der Waals surface area contributed by atoms with E-state index in [-0.39, 0.29) is 28.4 Å². The van der Waals surface area contributed by atoms with E-state index in [2.05, 4.69) is 10.5 Å². The number of nitrogens with zero attached hydrogens (tertiary/aromatic N) is 2. The van der Waals surface area contributed by atoms with E-state index in [1.165, 1.54) is 11.0 Å². The molecule has 0 radical (unpaired) electrons. The number of imide groups is 1. The summed E-state index contributed by atoms with van der Waals surface area (Å²) in [5.41, 5.74) is 5.81. The Morgan fingerprint density at radius 2 is 1.41 bits per heavy atom. The first kappa shape index (κ1) is 26.0. The highest BCUT2D eigenvalue weighted by atomic mass is 35.5. The summed E-state index contributed by atoms with van der Waals surface area (Å²) >= 11 is 18.6. The minimum absolute atomic E-state index is 0.207. The smallest absolute Gasteiger partial charge is 0.271 e. The van der Waals surface area contributed by atoms with Gasteiger partial charge in [0.2, 0.25) is 11.8 Å². The second-order valence-corrected chi connectivity index (χ2v) is 11.6. The molecule has 1 saturated heterocycles. The van der Waals surface area contributed by atoms with Gasteiger partial charge < -0.3 is 0 Å². The van der Waals surface area contributed by atoms with Gasteiger partial charge in [-0.25, -0.2) is 10.3 Å². The summed E-state index contributed by atoms with van der Waals surface area (Å²) in [7, 11) is 0. The molecule has 41 heavy (non-hydrogen) atoms. The lowest BCUT2D eigenvalue weighted by atomic mass is 9.47. The molecule has 1 N–H and O–H groups in total. The second-order valence-electron chi connectivity index (χ2n) is 10.3. The monoisotopic (exact) mass is 599 g/mol. The highest BCUT2D eigenvalue weighted by Gasteiger charge is 2.68. The average molecular weight is 601 g/mol. The van der Waals surface area contributed by atoms with Crippen LogP contribution < -0.4 is 10.3 Å². The number of hydrazone groups is 1. The molecule has 8 rings (SSSR count). The van der Waals surface area contributed by atoms with Crippen molar-refractivity contribution < 1.29 is 14.4 Å². The first-order valence-corrected chi connectivity index (χ1v) is 14.1. The second kappa shape index (κ2) is 9.55. The number of benzene rings is 4. The lowest BCUT2D eigenvalue weighted by Crippen LogP contribution is -2.54. The summed E-state index contributed by atoms with van der Waals surface area (Å²) in [6.45, 7) is 0. The fourth-order valence-electron chi connectivity index (χ4n) is 6.81. The fourth-order valence-corrected chi connectivity index (χ4v) is 7.43. The van der Waals surface area contributed by atoms with Crippen molar-refractivity contribution in [2.75, 3.05) is 4.90 Å². The van der Waals surface area contributed by atoms with Gasteiger partial charge in [0.25, 0.3) is 5.91 Å². The van der Waals surface area contributed by atoms with Crippen LogP contribution in [0.5, 0.6) is 0 Å². The number of hydrogen-bond acceptors (Lipinski definition) is 4. The van der Waals surface area contributed by atoms with Crippen LogP contribution in [-0.4, -0.2) is 23.9 Å². The Balaban J connectivity index is 1.40. The van der Waals surface area contributed by atoms with E-state index in [1.54, 1.807) is 42.6 Å². The maximum absolute atomic E-state index is 14.4. The quantitative estimate of drug-likeness (QED) is 0.163. The van der Waals surface area contributed by atoms with Gasteiger partial charge in [-0.3, -0.25) is 14.4 Å². The van der Waals surface area contributed by atoms with Crippen molar-refractivity contribution in [1.82, 2.24) is 5.43 Å². The standard InChI is InChI=1S/C32H20Cl3N3O3/c33-18-11-9-17(10-12-18)29(39)37-36-16-32-22-7-3-1-5-20(22)26(21-6-2-4-8-23(21)32)27-28(32)31(41)38(30(27)40)25-14-13-19(34)15-24(25)35/h1-16,26-28H,(H,37,39)/b36-16-/t26?,27-,28-,32?/m0/s1. The van der Waals surface area contributed by atoms with E-state index in [0.717, 1.165) is 22.3 Å². The third-order valence-electron chi connectivity index (χ3n) is 8.38. The van der Waals surface area contributed by atoms with Gasteiger partial charge in [0, 0.05) is 27.7 Å². The summed E-state index contributed by atoms with van der Waals surface area (Å²) in [5.74, 6) is -2.99. The molecule has 9 heteroatoms. The van der Waals surface area contributed by atoms with Crippen LogP contribution in [0.3, 0.4) is 0 Å². The van der Waals surface area contributed by atoms with E-state index >= 15 is 0 Å². The van der Waals surface area contributed by atoms with Crippen LogP contribution in [0.2, 0.25) is 15.1 Å². The van der Waals surface area contributed by atoms with Crippen LogP contribution in [0, 0.1) is 11.8 Å². The van der Waals surface area contributed by atoms with E-state index in [1.807, 2.05) is 48.5 Å². The number of carbonyl (C=O) groups excluding carboxylic acids is 3. The number of hydrogen-bond donors (Lipinski definition) is 1. The molecular weight excluding hydrogens is 581 g/mol. The van der Waals surface area contributed by atoms with E-state index in [0.29, 0.717) is 15.6 Å². The molecule has 4 aromatic rings. The summed E-state index contributed by atoms with van der Waals surface area (Å²) in [6, 6.07) is 26.8. The molecule has 4 aromatic carbocycles. The number of carbonyl (C=O) groups is 3. The summed E-state index contributed by atoms with van der Waals surface area (Å²) in [4.78, 5) is 42.7. The molecule has 202 valence electrons. The van der Waals surface area contributed by atoms with Crippen LogP contribution in [0.15, 0.2) is 96.1 Å². The van der Waals surface area contributed by atoms with Crippen molar-refractivity contribution in [3.63, 3.8) is 0 Å². The van der Waals surface area contributed by atoms with Gasteiger partial charge >= 0.3 is 0 Å². The van der Waals surface area contributed by atoms with Gasteiger partial charge in [-0.1, -0.05) is 83.3 Å².